The van der Waals surface area contributed by atoms with Gasteiger partial charge < -0.3 is 15.2 Å². The summed E-state index contributed by atoms with van der Waals surface area (Å²) < 4.78 is 5.25. The minimum atomic E-state index is 0.575. The highest BCUT2D eigenvalue weighted by molar-refractivity contribution is 4.89. The second-order valence-corrected chi connectivity index (χ2v) is 4.75. The molecule has 17 heavy (non-hydrogen) atoms. The van der Waals surface area contributed by atoms with Crippen molar-refractivity contribution < 1.29 is 4.52 Å². The van der Waals surface area contributed by atoms with Gasteiger partial charge in [-0.1, -0.05) is 12.1 Å². The van der Waals surface area contributed by atoms with Crippen LogP contribution in [0.2, 0.25) is 0 Å². The van der Waals surface area contributed by atoms with Gasteiger partial charge in [0.05, 0.1) is 0 Å². The van der Waals surface area contributed by atoms with E-state index in [0.717, 1.165) is 31.2 Å². The molecule has 5 heteroatoms. The zero-order valence-electron chi connectivity index (χ0n) is 10.6. The van der Waals surface area contributed by atoms with E-state index in [4.69, 9.17) is 10.3 Å². The maximum Gasteiger partial charge on any atom is 0.226 e. The summed E-state index contributed by atoms with van der Waals surface area (Å²) in [6.45, 7) is 6.32. The topological polar surface area (TPSA) is 68.2 Å². The van der Waals surface area contributed by atoms with Crippen LogP contribution in [0.3, 0.4) is 0 Å². The van der Waals surface area contributed by atoms with Gasteiger partial charge in [0.25, 0.3) is 0 Å². The summed E-state index contributed by atoms with van der Waals surface area (Å²) in [5, 5.41) is 3.93. The van der Waals surface area contributed by atoms with Crippen LogP contribution in [0.15, 0.2) is 4.52 Å². The Bertz CT molecular complexity index is 339. The zero-order valence-corrected chi connectivity index (χ0v) is 10.6. The maximum absolute atomic E-state index is 5.46. The lowest BCUT2D eigenvalue weighted by molar-refractivity contribution is 0.174. The fraction of sp³-hybridized carbons (Fsp3) is 0.833. The standard InChI is InChI=1S/C12H22N4O/c1-2-16-7-3-4-10(9-16)8-12-14-11(5-6-13)15-17-12/h10H,2-9,13H2,1H3. The molecule has 5 nitrogen and oxygen atoms in total. The molecule has 1 atom stereocenters. The Labute approximate surface area is 102 Å². The maximum atomic E-state index is 5.46. The SMILES string of the molecule is CCN1CCCC(Cc2nc(CCN)no2)C1. The predicted octanol–water partition coefficient (Wildman–Crippen LogP) is 0.845. The van der Waals surface area contributed by atoms with Gasteiger partial charge >= 0.3 is 0 Å². The van der Waals surface area contributed by atoms with Gasteiger partial charge in [0, 0.05) is 19.4 Å². The normalized spacial score (nSPS) is 21.9. The van der Waals surface area contributed by atoms with E-state index >= 15 is 0 Å². The monoisotopic (exact) mass is 238 g/mol. The second kappa shape index (κ2) is 6.12. The summed E-state index contributed by atoms with van der Waals surface area (Å²) in [5.74, 6) is 2.18. The lowest BCUT2D eigenvalue weighted by Crippen LogP contribution is -2.35. The Kier molecular flexibility index (Phi) is 4.50. The quantitative estimate of drug-likeness (QED) is 0.823. The molecule has 1 aromatic heterocycles. The summed E-state index contributed by atoms with van der Waals surface area (Å²) in [5.41, 5.74) is 5.46. The molecule has 0 spiro atoms. The molecule has 1 aromatic rings. The number of nitrogens with two attached hydrogens (primary N) is 1. The molecule has 0 radical (unpaired) electrons. The Morgan fingerprint density at radius 3 is 3.18 bits per heavy atom. The van der Waals surface area contributed by atoms with E-state index in [-0.39, 0.29) is 0 Å². The minimum Gasteiger partial charge on any atom is -0.339 e. The molecule has 0 saturated carbocycles. The molecule has 1 unspecified atom stereocenters. The fourth-order valence-electron chi connectivity index (χ4n) is 2.46. The van der Waals surface area contributed by atoms with Gasteiger partial charge in [-0.05, 0) is 38.4 Å². The molecule has 1 aliphatic heterocycles. The summed E-state index contributed by atoms with van der Waals surface area (Å²) in [7, 11) is 0. The predicted molar refractivity (Wildman–Crippen MR) is 65.6 cm³/mol. The van der Waals surface area contributed by atoms with Crippen molar-refractivity contribution >= 4 is 0 Å². The molecule has 96 valence electrons. The zero-order chi connectivity index (χ0) is 12.1. The Hall–Kier alpha value is -0.940. The third-order valence-corrected chi connectivity index (χ3v) is 3.39. The van der Waals surface area contributed by atoms with Crippen LogP contribution < -0.4 is 5.73 Å². The number of likely N-dealkylation sites (tertiary alicyclic amines) is 1. The van der Waals surface area contributed by atoms with Crippen molar-refractivity contribution in [3.8, 4) is 0 Å². The van der Waals surface area contributed by atoms with Crippen molar-refractivity contribution in [2.75, 3.05) is 26.2 Å². The van der Waals surface area contributed by atoms with Crippen LogP contribution in [0.4, 0.5) is 0 Å². The first-order valence-corrected chi connectivity index (χ1v) is 6.55. The molecule has 2 N–H and O–H groups in total. The van der Waals surface area contributed by atoms with E-state index in [9.17, 15) is 0 Å². The third kappa shape index (κ3) is 3.51. The third-order valence-electron chi connectivity index (χ3n) is 3.39. The molecule has 2 heterocycles. The Balaban J connectivity index is 1.86. The van der Waals surface area contributed by atoms with Gasteiger partial charge in [-0.3, -0.25) is 0 Å². The number of nitrogens with zero attached hydrogens (tertiary/aromatic N) is 3. The molecule has 1 saturated heterocycles. The van der Waals surface area contributed by atoms with E-state index in [2.05, 4.69) is 22.0 Å². The highest BCUT2D eigenvalue weighted by Crippen LogP contribution is 2.19. The van der Waals surface area contributed by atoms with E-state index in [1.165, 1.54) is 19.4 Å². The highest BCUT2D eigenvalue weighted by Gasteiger charge is 2.21. The first kappa shape index (κ1) is 12.5. The first-order valence-electron chi connectivity index (χ1n) is 6.55. The molecule has 0 bridgehead atoms. The average molecular weight is 238 g/mol. The van der Waals surface area contributed by atoms with Crippen LogP contribution in [0.25, 0.3) is 0 Å². The van der Waals surface area contributed by atoms with E-state index in [1.54, 1.807) is 0 Å². The molecular weight excluding hydrogens is 216 g/mol. The summed E-state index contributed by atoms with van der Waals surface area (Å²) in [6.07, 6.45) is 4.16. The average Bonchev–Trinajstić information content (AvgIpc) is 2.77. The van der Waals surface area contributed by atoms with Crippen molar-refractivity contribution in [2.45, 2.75) is 32.6 Å². The molecule has 0 aromatic carbocycles. The van der Waals surface area contributed by atoms with Gasteiger partial charge in [-0.25, -0.2) is 0 Å². The first-order chi connectivity index (χ1) is 8.31. The van der Waals surface area contributed by atoms with Crippen LogP contribution in [0.5, 0.6) is 0 Å². The van der Waals surface area contributed by atoms with E-state index in [1.807, 2.05) is 0 Å². The van der Waals surface area contributed by atoms with Crippen LogP contribution in [0, 0.1) is 5.92 Å². The van der Waals surface area contributed by atoms with E-state index < -0.39 is 0 Å². The van der Waals surface area contributed by atoms with Crippen LogP contribution >= 0.6 is 0 Å². The molecule has 0 amide bonds. The van der Waals surface area contributed by atoms with Gasteiger partial charge in [0.15, 0.2) is 5.82 Å². The lowest BCUT2D eigenvalue weighted by atomic mass is 9.95. The van der Waals surface area contributed by atoms with Crippen LogP contribution in [0.1, 0.15) is 31.5 Å². The summed E-state index contributed by atoms with van der Waals surface area (Å²) >= 11 is 0. The lowest BCUT2D eigenvalue weighted by Gasteiger charge is -2.30. The molecule has 1 aliphatic rings. The summed E-state index contributed by atoms with van der Waals surface area (Å²) in [4.78, 5) is 6.86. The molecule has 2 rings (SSSR count). The largest absolute Gasteiger partial charge is 0.339 e. The Morgan fingerprint density at radius 2 is 2.41 bits per heavy atom. The van der Waals surface area contributed by atoms with Crippen molar-refractivity contribution in [3.63, 3.8) is 0 Å². The number of piperidine rings is 1. The van der Waals surface area contributed by atoms with Gasteiger partial charge in [-0.2, -0.15) is 4.98 Å². The number of hydrogen-bond acceptors (Lipinski definition) is 5. The van der Waals surface area contributed by atoms with Crippen molar-refractivity contribution in [1.82, 2.24) is 15.0 Å². The van der Waals surface area contributed by atoms with Crippen molar-refractivity contribution in [2.24, 2.45) is 11.7 Å². The smallest absolute Gasteiger partial charge is 0.226 e. The van der Waals surface area contributed by atoms with Gasteiger partial charge in [0.1, 0.15) is 0 Å². The highest BCUT2D eigenvalue weighted by atomic mass is 16.5. The van der Waals surface area contributed by atoms with Crippen molar-refractivity contribution in [3.05, 3.63) is 11.7 Å². The molecule has 0 aliphatic carbocycles. The molecule has 1 fully saturated rings. The van der Waals surface area contributed by atoms with Crippen molar-refractivity contribution in [1.29, 1.82) is 0 Å². The summed E-state index contributed by atoms with van der Waals surface area (Å²) in [6, 6.07) is 0. The molecular formula is C12H22N4O. The van der Waals surface area contributed by atoms with E-state index in [0.29, 0.717) is 18.9 Å². The van der Waals surface area contributed by atoms with Crippen LogP contribution in [-0.2, 0) is 12.8 Å². The minimum absolute atomic E-state index is 0.575. The van der Waals surface area contributed by atoms with Gasteiger partial charge in [0.2, 0.25) is 5.89 Å². The van der Waals surface area contributed by atoms with Gasteiger partial charge in [-0.15, -0.1) is 0 Å². The second-order valence-electron chi connectivity index (χ2n) is 4.75. The number of aromatic nitrogens is 2. The number of hydrogen-bond donors (Lipinski definition) is 1. The number of rotatable bonds is 5. The Morgan fingerprint density at radius 1 is 1.53 bits per heavy atom. The van der Waals surface area contributed by atoms with Crippen LogP contribution in [-0.4, -0.2) is 41.2 Å². The fourth-order valence-corrected chi connectivity index (χ4v) is 2.46.